The van der Waals surface area contributed by atoms with Crippen LogP contribution in [0.2, 0.25) is 0 Å². The first-order valence-electron chi connectivity index (χ1n) is 4.62. The summed E-state index contributed by atoms with van der Waals surface area (Å²) in [7, 11) is 0. The molecule has 0 saturated carbocycles. The molecule has 1 nitrogen and oxygen atoms in total. The third-order valence-corrected chi connectivity index (χ3v) is 2.95. The molecule has 2 aromatic rings. The van der Waals surface area contributed by atoms with Crippen LogP contribution >= 0.6 is 15.9 Å². The summed E-state index contributed by atoms with van der Waals surface area (Å²) in [6.45, 7) is 0. The molecule has 0 fully saturated rings. The molecule has 2 rings (SSSR count). The fourth-order valence-corrected chi connectivity index (χ4v) is 1.99. The second-order valence-electron chi connectivity index (χ2n) is 3.18. The zero-order valence-electron chi connectivity index (χ0n) is 7.98. The maximum atomic E-state index is 11.0. The van der Waals surface area contributed by atoms with Gasteiger partial charge >= 0.3 is 0 Å². The van der Waals surface area contributed by atoms with E-state index in [1.807, 2.05) is 48.5 Å². The Morgan fingerprint density at radius 1 is 0.933 bits per heavy atom. The Kier molecular flexibility index (Phi) is 2.97. The fourth-order valence-electron chi connectivity index (χ4n) is 1.53. The van der Waals surface area contributed by atoms with Crippen molar-refractivity contribution in [2.45, 2.75) is 0 Å². The molecule has 0 saturated heterocycles. The molecular formula is C13H9BrO. The van der Waals surface area contributed by atoms with Crippen molar-refractivity contribution in [3.8, 4) is 11.1 Å². The number of hydrogen-bond acceptors (Lipinski definition) is 1. The first kappa shape index (κ1) is 10.1. The van der Waals surface area contributed by atoms with E-state index in [-0.39, 0.29) is 0 Å². The Labute approximate surface area is 96.9 Å². The quantitative estimate of drug-likeness (QED) is 0.748. The van der Waals surface area contributed by atoms with E-state index in [1.165, 1.54) is 0 Å². The SMILES string of the molecule is O=Cc1c(Br)cccc1-c1ccccc1. The minimum atomic E-state index is 0.698. The highest BCUT2D eigenvalue weighted by molar-refractivity contribution is 9.10. The number of carbonyl (C=O) groups excluding carboxylic acids is 1. The maximum absolute atomic E-state index is 11.0. The number of halogens is 1. The molecule has 0 aliphatic rings. The average Bonchev–Trinajstić information content (AvgIpc) is 2.30. The summed E-state index contributed by atoms with van der Waals surface area (Å²) in [4.78, 5) is 11.0. The maximum Gasteiger partial charge on any atom is 0.151 e. The molecule has 74 valence electrons. The summed E-state index contributed by atoms with van der Waals surface area (Å²) in [6.07, 6.45) is 0.881. The number of benzene rings is 2. The van der Waals surface area contributed by atoms with Crippen molar-refractivity contribution in [2.24, 2.45) is 0 Å². The van der Waals surface area contributed by atoms with Gasteiger partial charge in [0.15, 0.2) is 6.29 Å². The van der Waals surface area contributed by atoms with Crippen LogP contribution in [0.15, 0.2) is 53.0 Å². The van der Waals surface area contributed by atoms with Gasteiger partial charge in [-0.3, -0.25) is 4.79 Å². The first-order valence-corrected chi connectivity index (χ1v) is 5.41. The molecule has 0 aliphatic carbocycles. The fraction of sp³-hybridized carbons (Fsp3) is 0. The Morgan fingerprint density at radius 2 is 1.67 bits per heavy atom. The third kappa shape index (κ3) is 2.00. The summed E-state index contributed by atoms with van der Waals surface area (Å²) < 4.78 is 0.832. The molecule has 0 spiro atoms. The lowest BCUT2D eigenvalue weighted by atomic mass is 10.0. The number of hydrogen-bond donors (Lipinski definition) is 0. The standard InChI is InChI=1S/C13H9BrO/c14-13-8-4-7-11(12(13)9-15)10-5-2-1-3-6-10/h1-9H. The second kappa shape index (κ2) is 4.41. The number of aldehydes is 1. The van der Waals surface area contributed by atoms with Gasteiger partial charge in [-0.25, -0.2) is 0 Å². The van der Waals surface area contributed by atoms with Crippen LogP contribution in [0.5, 0.6) is 0 Å². The van der Waals surface area contributed by atoms with E-state index < -0.39 is 0 Å². The predicted molar refractivity (Wildman–Crippen MR) is 65.0 cm³/mol. The van der Waals surface area contributed by atoms with Gasteiger partial charge in [0.2, 0.25) is 0 Å². The highest BCUT2D eigenvalue weighted by Crippen LogP contribution is 2.27. The van der Waals surface area contributed by atoms with Crippen molar-refractivity contribution in [1.82, 2.24) is 0 Å². The molecule has 0 atom stereocenters. The van der Waals surface area contributed by atoms with Gasteiger partial charge in [0.1, 0.15) is 0 Å². The van der Waals surface area contributed by atoms with Crippen molar-refractivity contribution in [1.29, 1.82) is 0 Å². The van der Waals surface area contributed by atoms with Crippen LogP contribution in [0, 0.1) is 0 Å². The summed E-state index contributed by atoms with van der Waals surface area (Å²) in [6, 6.07) is 15.6. The highest BCUT2D eigenvalue weighted by Gasteiger charge is 2.06. The highest BCUT2D eigenvalue weighted by atomic mass is 79.9. The first-order chi connectivity index (χ1) is 7.33. The van der Waals surface area contributed by atoms with Crippen molar-refractivity contribution >= 4 is 22.2 Å². The molecule has 0 heterocycles. The monoisotopic (exact) mass is 260 g/mol. The lowest BCUT2D eigenvalue weighted by Crippen LogP contribution is -1.88. The van der Waals surface area contributed by atoms with Crippen molar-refractivity contribution in [3.05, 3.63) is 58.6 Å². The van der Waals surface area contributed by atoms with Gasteiger partial charge in [-0.05, 0) is 17.2 Å². The molecule has 0 bridgehead atoms. The molecule has 2 aromatic carbocycles. The average molecular weight is 261 g/mol. The molecule has 0 amide bonds. The summed E-state index contributed by atoms with van der Waals surface area (Å²) in [5.41, 5.74) is 2.71. The van der Waals surface area contributed by atoms with Crippen LogP contribution in [0.3, 0.4) is 0 Å². The van der Waals surface area contributed by atoms with Gasteiger partial charge < -0.3 is 0 Å². The minimum absolute atomic E-state index is 0.698. The zero-order valence-corrected chi connectivity index (χ0v) is 9.57. The van der Waals surface area contributed by atoms with Crippen LogP contribution in [-0.2, 0) is 0 Å². The number of carbonyl (C=O) groups is 1. The molecule has 2 heteroatoms. The second-order valence-corrected chi connectivity index (χ2v) is 4.04. The topological polar surface area (TPSA) is 17.1 Å². The van der Waals surface area contributed by atoms with Gasteiger partial charge in [-0.1, -0.05) is 58.4 Å². The van der Waals surface area contributed by atoms with Crippen LogP contribution < -0.4 is 0 Å². The van der Waals surface area contributed by atoms with E-state index in [2.05, 4.69) is 15.9 Å². The molecule has 0 aromatic heterocycles. The normalized spacial score (nSPS) is 9.93. The third-order valence-electron chi connectivity index (χ3n) is 2.26. The lowest BCUT2D eigenvalue weighted by Gasteiger charge is -2.06. The number of rotatable bonds is 2. The summed E-state index contributed by atoms with van der Waals surface area (Å²) in [5.74, 6) is 0. The van der Waals surface area contributed by atoms with Gasteiger partial charge in [0, 0.05) is 10.0 Å². The van der Waals surface area contributed by atoms with Gasteiger partial charge in [0.05, 0.1) is 0 Å². The van der Waals surface area contributed by atoms with Crippen LogP contribution in [-0.4, -0.2) is 6.29 Å². The van der Waals surface area contributed by atoms with E-state index in [0.29, 0.717) is 5.56 Å². The van der Waals surface area contributed by atoms with E-state index >= 15 is 0 Å². The Balaban J connectivity index is 2.63. The molecule has 0 aliphatic heterocycles. The van der Waals surface area contributed by atoms with Crippen LogP contribution in [0.1, 0.15) is 10.4 Å². The van der Waals surface area contributed by atoms with Crippen LogP contribution in [0.25, 0.3) is 11.1 Å². The molecule has 0 radical (unpaired) electrons. The van der Waals surface area contributed by atoms with Crippen molar-refractivity contribution in [2.75, 3.05) is 0 Å². The van der Waals surface area contributed by atoms with Crippen molar-refractivity contribution in [3.63, 3.8) is 0 Å². The van der Waals surface area contributed by atoms with E-state index in [0.717, 1.165) is 21.9 Å². The van der Waals surface area contributed by atoms with E-state index in [9.17, 15) is 4.79 Å². The molecular weight excluding hydrogens is 252 g/mol. The van der Waals surface area contributed by atoms with E-state index in [1.54, 1.807) is 0 Å². The zero-order chi connectivity index (χ0) is 10.7. The molecule has 15 heavy (non-hydrogen) atoms. The van der Waals surface area contributed by atoms with Gasteiger partial charge in [-0.15, -0.1) is 0 Å². The molecule has 0 unspecified atom stereocenters. The van der Waals surface area contributed by atoms with Gasteiger partial charge in [-0.2, -0.15) is 0 Å². The van der Waals surface area contributed by atoms with Crippen LogP contribution in [0.4, 0.5) is 0 Å². The largest absolute Gasteiger partial charge is 0.298 e. The Morgan fingerprint density at radius 3 is 2.33 bits per heavy atom. The van der Waals surface area contributed by atoms with E-state index in [4.69, 9.17) is 0 Å². The lowest BCUT2D eigenvalue weighted by molar-refractivity contribution is 0.112. The summed E-state index contributed by atoms with van der Waals surface area (Å²) in [5, 5.41) is 0. The predicted octanol–water partition coefficient (Wildman–Crippen LogP) is 3.93. The summed E-state index contributed by atoms with van der Waals surface area (Å²) >= 11 is 3.37. The van der Waals surface area contributed by atoms with Gasteiger partial charge in [0.25, 0.3) is 0 Å². The smallest absolute Gasteiger partial charge is 0.151 e. The minimum Gasteiger partial charge on any atom is -0.298 e. The Bertz CT molecular complexity index is 477. The van der Waals surface area contributed by atoms with Crippen molar-refractivity contribution < 1.29 is 4.79 Å². The Hall–Kier alpha value is -1.41. The molecule has 0 N–H and O–H groups in total.